The number of rotatable bonds is 3. The minimum absolute atomic E-state index is 0.312. The Morgan fingerprint density at radius 3 is 2.69 bits per heavy atom. The lowest BCUT2D eigenvalue weighted by Crippen LogP contribution is -2.04. The highest BCUT2D eigenvalue weighted by atomic mass is 35.5. The monoisotopic (exact) mass is 257 g/mol. The first-order valence-electron chi connectivity index (χ1n) is 5.01. The van der Waals surface area contributed by atoms with Gasteiger partial charge < -0.3 is 5.73 Å². The van der Waals surface area contributed by atoms with E-state index in [0.717, 1.165) is 0 Å². The molecule has 3 nitrogen and oxygen atoms in total. The maximum atomic E-state index is 12.1. The van der Waals surface area contributed by atoms with Gasteiger partial charge in [-0.3, -0.25) is 0 Å². The minimum atomic E-state index is -3.32. The van der Waals surface area contributed by atoms with Gasteiger partial charge in [0.15, 0.2) is 0 Å². The fourth-order valence-corrected chi connectivity index (χ4v) is 3.72. The molecule has 1 aliphatic heterocycles. The largest absolute Gasteiger partial charge is 0.330 e. The molecule has 0 spiro atoms. The van der Waals surface area contributed by atoms with Crippen molar-refractivity contribution in [2.24, 2.45) is 5.73 Å². The van der Waals surface area contributed by atoms with Crippen LogP contribution in [0, 0.1) is 0 Å². The maximum Gasteiger partial charge on any atom is 0.203 e. The van der Waals surface area contributed by atoms with E-state index >= 15 is 0 Å². The van der Waals surface area contributed by atoms with Crippen molar-refractivity contribution >= 4 is 27.5 Å². The van der Waals surface area contributed by atoms with Crippen LogP contribution < -0.4 is 5.73 Å². The van der Waals surface area contributed by atoms with E-state index in [4.69, 9.17) is 17.3 Å². The number of hydrogen-bond acceptors (Lipinski definition) is 3. The topological polar surface area (TPSA) is 60.2 Å². The van der Waals surface area contributed by atoms with E-state index in [1.54, 1.807) is 24.3 Å². The predicted molar refractivity (Wildman–Crippen MR) is 64.9 cm³/mol. The van der Waals surface area contributed by atoms with Crippen molar-refractivity contribution in [1.82, 2.24) is 0 Å². The third kappa shape index (κ3) is 1.77. The molecular weight excluding hydrogens is 246 g/mol. The Kier molecular flexibility index (Phi) is 3.06. The molecule has 2 rings (SSSR count). The molecule has 1 aromatic rings. The average Bonchev–Trinajstić information content (AvgIpc) is 2.50. The quantitative estimate of drug-likeness (QED) is 0.903. The molecule has 0 bridgehead atoms. The second-order valence-corrected chi connectivity index (χ2v) is 6.04. The summed E-state index contributed by atoms with van der Waals surface area (Å²) in [6.45, 7) is 0.483. The van der Waals surface area contributed by atoms with Crippen molar-refractivity contribution in [3.63, 3.8) is 0 Å². The van der Waals surface area contributed by atoms with Crippen LogP contribution in [-0.2, 0) is 9.84 Å². The number of sulfone groups is 1. The number of hydrogen-bond donors (Lipinski definition) is 1. The van der Waals surface area contributed by atoms with E-state index in [0.29, 0.717) is 39.8 Å². The lowest BCUT2D eigenvalue weighted by Gasteiger charge is -2.02. The van der Waals surface area contributed by atoms with Crippen LogP contribution in [0.2, 0.25) is 5.02 Å². The SMILES string of the molecule is NCCCC1=Cc2c(Cl)cccc2S1(=O)=O. The molecule has 0 radical (unpaired) electrons. The van der Waals surface area contributed by atoms with Crippen LogP contribution in [0.15, 0.2) is 28.0 Å². The zero-order valence-electron chi connectivity index (χ0n) is 8.61. The summed E-state index contributed by atoms with van der Waals surface area (Å²) >= 11 is 5.96. The highest BCUT2D eigenvalue weighted by molar-refractivity contribution is 7.95. The third-order valence-corrected chi connectivity index (χ3v) is 4.86. The number of allylic oxidation sites excluding steroid dienone is 1. The molecule has 1 heterocycles. The van der Waals surface area contributed by atoms with E-state index < -0.39 is 9.84 Å². The van der Waals surface area contributed by atoms with Crippen molar-refractivity contribution in [3.05, 3.63) is 33.7 Å². The zero-order chi connectivity index (χ0) is 11.8. The Balaban J connectivity index is 2.49. The minimum Gasteiger partial charge on any atom is -0.330 e. The zero-order valence-corrected chi connectivity index (χ0v) is 10.2. The molecule has 0 aliphatic carbocycles. The van der Waals surface area contributed by atoms with Gasteiger partial charge in [0.25, 0.3) is 0 Å². The lowest BCUT2D eigenvalue weighted by atomic mass is 10.2. The van der Waals surface area contributed by atoms with Gasteiger partial charge >= 0.3 is 0 Å². The van der Waals surface area contributed by atoms with E-state index in [-0.39, 0.29) is 0 Å². The maximum absolute atomic E-state index is 12.1. The molecule has 0 aromatic heterocycles. The molecule has 0 atom stereocenters. The highest BCUT2D eigenvalue weighted by Gasteiger charge is 2.29. The summed E-state index contributed by atoms with van der Waals surface area (Å²) in [5, 5.41) is 0.476. The summed E-state index contributed by atoms with van der Waals surface area (Å²) in [5.74, 6) is 0. The highest BCUT2D eigenvalue weighted by Crippen LogP contribution is 2.38. The molecule has 1 aromatic carbocycles. The fraction of sp³-hybridized carbons (Fsp3) is 0.273. The summed E-state index contributed by atoms with van der Waals surface area (Å²) < 4.78 is 24.1. The Morgan fingerprint density at radius 2 is 2.06 bits per heavy atom. The normalized spacial score (nSPS) is 17.0. The Bertz CT molecular complexity index is 549. The number of fused-ring (bicyclic) bond motifs is 1. The first kappa shape index (κ1) is 11.6. The van der Waals surface area contributed by atoms with Gasteiger partial charge in [0, 0.05) is 15.5 Å². The van der Waals surface area contributed by atoms with Gasteiger partial charge in [-0.1, -0.05) is 17.7 Å². The van der Waals surface area contributed by atoms with Crippen molar-refractivity contribution in [2.75, 3.05) is 6.54 Å². The standard InChI is InChI=1S/C11H12ClNO2S/c12-10-4-1-5-11-9(10)7-8(3-2-6-13)16(11,14)15/h1,4-5,7H,2-3,6,13H2. The van der Waals surface area contributed by atoms with Crippen LogP contribution in [0.25, 0.3) is 6.08 Å². The molecule has 16 heavy (non-hydrogen) atoms. The summed E-state index contributed by atoms with van der Waals surface area (Å²) in [5.41, 5.74) is 5.99. The fourth-order valence-electron chi connectivity index (χ4n) is 1.75. The third-order valence-electron chi connectivity index (χ3n) is 2.58. The van der Waals surface area contributed by atoms with Gasteiger partial charge in [0.1, 0.15) is 0 Å². The Labute approximate surface area is 99.8 Å². The second kappa shape index (κ2) is 4.20. The van der Waals surface area contributed by atoms with Crippen molar-refractivity contribution in [1.29, 1.82) is 0 Å². The summed E-state index contributed by atoms with van der Waals surface area (Å²) in [4.78, 5) is 0.730. The van der Waals surface area contributed by atoms with E-state index in [1.807, 2.05) is 0 Å². The second-order valence-electron chi connectivity index (χ2n) is 3.66. The first-order chi connectivity index (χ1) is 7.57. The molecular formula is C11H12ClNO2S. The van der Waals surface area contributed by atoms with Crippen LogP contribution in [0.1, 0.15) is 18.4 Å². The molecule has 1 aliphatic rings. The van der Waals surface area contributed by atoms with Crippen molar-refractivity contribution < 1.29 is 8.42 Å². The van der Waals surface area contributed by atoms with Crippen LogP contribution in [0.5, 0.6) is 0 Å². The first-order valence-corrected chi connectivity index (χ1v) is 6.87. The average molecular weight is 258 g/mol. The van der Waals surface area contributed by atoms with Crippen molar-refractivity contribution in [3.8, 4) is 0 Å². The summed E-state index contributed by atoms with van der Waals surface area (Å²) in [6, 6.07) is 4.93. The molecule has 5 heteroatoms. The van der Waals surface area contributed by atoms with Crippen LogP contribution in [0.3, 0.4) is 0 Å². The lowest BCUT2D eigenvalue weighted by molar-refractivity contribution is 0.601. The van der Waals surface area contributed by atoms with Gasteiger partial charge in [0.05, 0.1) is 4.90 Å². The molecule has 0 saturated heterocycles. The number of nitrogens with two attached hydrogens (primary N) is 1. The molecule has 0 fully saturated rings. The van der Waals surface area contributed by atoms with E-state index in [1.165, 1.54) is 0 Å². The van der Waals surface area contributed by atoms with Gasteiger partial charge in [-0.2, -0.15) is 0 Å². The molecule has 0 saturated carbocycles. The summed E-state index contributed by atoms with van der Waals surface area (Å²) in [6.07, 6.45) is 2.79. The van der Waals surface area contributed by atoms with Crippen LogP contribution in [0.4, 0.5) is 0 Å². The number of benzene rings is 1. The Hall–Kier alpha value is -0.840. The molecule has 0 unspecified atom stereocenters. The van der Waals surface area contributed by atoms with Gasteiger partial charge in [-0.25, -0.2) is 8.42 Å². The van der Waals surface area contributed by atoms with Gasteiger partial charge in [-0.15, -0.1) is 0 Å². The van der Waals surface area contributed by atoms with Crippen LogP contribution >= 0.6 is 11.6 Å². The van der Waals surface area contributed by atoms with E-state index in [2.05, 4.69) is 0 Å². The van der Waals surface area contributed by atoms with E-state index in [9.17, 15) is 8.42 Å². The predicted octanol–water partition coefficient (Wildman–Crippen LogP) is 2.21. The van der Waals surface area contributed by atoms with Gasteiger partial charge in [0.2, 0.25) is 9.84 Å². The number of halogens is 1. The Morgan fingerprint density at radius 1 is 1.31 bits per heavy atom. The smallest absolute Gasteiger partial charge is 0.203 e. The molecule has 2 N–H and O–H groups in total. The van der Waals surface area contributed by atoms with Crippen molar-refractivity contribution in [2.45, 2.75) is 17.7 Å². The molecule has 0 amide bonds. The van der Waals surface area contributed by atoms with Gasteiger partial charge in [-0.05, 0) is 37.6 Å². The summed E-state index contributed by atoms with van der Waals surface area (Å²) in [7, 11) is -3.32. The molecule has 86 valence electrons. The van der Waals surface area contributed by atoms with Crippen LogP contribution in [-0.4, -0.2) is 15.0 Å².